The normalized spacial score (nSPS) is 9.75. The molecule has 0 aliphatic rings. The molecule has 0 saturated carbocycles. The number of hydrogen-bond donors (Lipinski definition) is 4. The van der Waals surface area contributed by atoms with E-state index in [0.717, 1.165) is 5.56 Å². The monoisotopic (exact) mass is 220 g/mol. The second-order valence-electron chi connectivity index (χ2n) is 3.43. The Labute approximate surface area is 93.9 Å². The lowest BCUT2D eigenvalue weighted by molar-refractivity contribution is 0.425. The molecule has 5 nitrogen and oxygen atoms in total. The Hall–Kier alpha value is -1.66. The zero-order valence-corrected chi connectivity index (χ0v) is 9.11. The molecule has 0 aliphatic carbocycles. The van der Waals surface area contributed by atoms with E-state index in [4.69, 9.17) is 25.6 Å². The summed E-state index contributed by atoms with van der Waals surface area (Å²) >= 11 is 0. The van der Waals surface area contributed by atoms with Gasteiger partial charge < -0.3 is 14.8 Å². The smallest absolute Gasteiger partial charge is 0.426 e. The molecule has 0 aromatic heterocycles. The van der Waals surface area contributed by atoms with Gasteiger partial charge in [0.05, 0.1) is 0 Å². The first-order valence-electron chi connectivity index (χ1n) is 4.70. The Morgan fingerprint density at radius 1 is 1.31 bits per heavy atom. The third-order valence-electron chi connectivity index (χ3n) is 2.07. The standard InChI is InChI=1S/C10H13BN2O3/c1-6-3-4-8(5-9(6)11(14)15)10(13)16-7(2)12/h3-5,12-15H,1-2H3. The van der Waals surface area contributed by atoms with Gasteiger partial charge in [0, 0.05) is 12.5 Å². The van der Waals surface area contributed by atoms with Crippen LogP contribution < -0.4 is 5.46 Å². The first-order valence-corrected chi connectivity index (χ1v) is 4.70. The molecule has 0 spiro atoms. The quantitative estimate of drug-likeness (QED) is 0.321. The zero-order valence-electron chi connectivity index (χ0n) is 9.11. The molecule has 0 aliphatic heterocycles. The van der Waals surface area contributed by atoms with Crippen LogP contribution in [0.25, 0.3) is 0 Å². The van der Waals surface area contributed by atoms with Crippen molar-refractivity contribution in [3.63, 3.8) is 0 Å². The fourth-order valence-electron chi connectivity index (χ4n) is 1.27. The third-order valence-corrected chi connectivity index (χ3v) is 2.07. The minimum Gasteiger partial charge on any atom is -0.426 e. The van der Waals surface area contributed by atoms with Crippen molar-refractivity contribution < 1.29 is 14.8 Å². The number of nitrogens with one attached hydrogen (secondary N) is 2. The highest BCUT2D eigenvalue weighted by Gasteiger charge is 2.16. The Kier molecular flexibility index (Phi) is 3.81. The van der Waals surface area contributed by atoms with E-state index in [1.807, 2.05) is 0 Å². The van der Waals surface area contributed by atoms with Gasteiger partial charge in [-0.3, -0.25) is 10.8 Å². The first-order chi connectivity index (χ1) is 7.41. The lowest BCUT2D eigenvalue weighted by Crippen LogP contribution is -2.32. The average molecular weight is 220 g/mol. The predicted octanol–water partition coefficient (Wildman–Crippen LogP) is 0.0140. The lowest BCUT2D eigenvalue weighted by atomic mass is 9.76. The summed E-state index contributed by atoms with van der Waals surface area (Å²) in [5.41, 5.74) is 1.45. The van der Waals surface area contributed by atoms with E-state index in [0.29, 0.717) is 11.0 Å². The summed E-state index contributed by atoms with van der Waals surface area (Å²) in [6.45, 7) is 3.16. The topological polar surface area (TPSA) is 97.4 Å². The molecule has 0 fully saturated rings. The number of rotatable bonds is 2. The molecule has 0 radical (unpaired) electrons. The van der Waals surface area contributed by atoms with E-state index < -0.39 is 7.12 Å². The number of aryl methyl sites for hydroxylation is 1. The van der Waals surface area contributed by atoms with Gasteiger partial charge in [-0.2, -0.15) is 0 Å². The molecule has 0 amide bonds. The molecule has 84 valence electrons. The first kappa shape index (κ1) is 12.4. The van der Waals surface area contributed by atoms with Gasteiger partial charge in [0.1, 0.15) is 0 Å². The summed E-state index contributed by atoms with van der Waals surface area (Å²) in [5, 5.41) is 32.8. The van der Waals surface area contributed by atoms with Gasteiger partial charge >= 0.3 is 7.12 Å². The minimum absolute atomic E-state index is 0.0864. The molecular formula is C10H13BN2O3. The lowest BCUT2D eigenvalue weighted by Gasteiger charge is -2.09. The van der Waals surface area contributed by atoms with Crippen molar-refractivity contribution in [3.8, 4) is 0 Å². The zero-order chi connectivity index (χ0) is 12.3. The summed E-state index contributed by atoms with van der Waals surface area (Å²) in [7, 11) is -1.58. The van der Waals surface area contributed by atoms with Crippen LogP contribution in [-0.4, -0.2) is 29.0 Å². The molecule has 0 bridgehead atoms. The van der Waals surface area contributed by atoms with Crippen molar-refractivity contribution in [1.82, 2.24) is 0 Å². The van der Waals surface area contributed by atoms with Crippen LogP contribution in [0.15, 0.2) is 18.2 Å². The maximum atomic E-state index is 9.09. The van der Waals surface area contributed by atoms with Crippen LogP contribution in [0.3, 0.4) is 0 Å². The van der Waals surface area contributed by atoms with Gasteiger partial charge in [-0.15, -0.1) is 0 Å². The van der Waals surface area contributed by atoms with Gasteiger partial charge in [-0.05, 0) is 24.5 Å². The third kappa shape index (κ3) is 2.92. The minimum atomic E-state index is -1.58. The predicted molar refractivity (Wildman–Crippen MR) is 62.3 cm³/mol. The van der Waals surface area contributed by atoms with Crippen LogP contribution in [-0.2, 0) is 4.74 Å². The number of hydrogen-bond acceptors (Lipinski definition) is 5. The van der Waals surface area contributed by atoms with Crippen LogP contribution >= 0.6 is 0 Å². The van der Waals surface area contributed by atoms with Crippen LogP contribution in [0, 0.1) is 17.7 Å². The Balaban J connectivity index is 3.03. The van der Waals surface area contributed by atoms with Gasteiger partial charge in [0.25, 0.3) is 0 Å². The van der Waals surface area contributed by atoms with E-state index in [1.54, 1.807) is 19.1 Å². The van der Waals surface area contributed by atoms with Gasteiger partial charge in [-0.1, -0.05) is 11.6 Å². The molecule has 1 aromatic rings. The fourth-order valence-corrected chi connectivity index (χ4v) is 1.27. The summed E-state index contributed by atoms with van der Waals surface area (Å²) in [4.78, 5) is 0. The molecule has 1 rings (SSSR count). The highest BCUT2D eigenvalue weighted by atomic mass is 16.5. The van der Waals surface area contributed by atoms with Crippen molar-refractivity contribution >= 4 is 24.4 Å². The van der Waals surface area contributed by atoms with Crippen LogP contribution in [0.5, 0.6) is 0 Å². The van der Waals surface area contributed by atoms with E-state index in [2.05, 4.69) is 0 Å². The molecule has 0 saturated heterocycles. The Bertz CT molecular complexity index is 432. The number of benzene rings is 1. The van der Waals surface area contributed by atoms with Crippen LogP contribution in [0.1, 0.15) is 18.1 Å². The van der Waals surface area contributed by atoms with Crippen molar-refractivity contribution in [1.29, 1.82) is 10.8 Å². The second kappa shape index (κ2) is 4.91. The van der Waals surface area contributed by atoms with Crippen molar-refractivity contribution in [2.75, 3.05) is 0 Å². The van der Waals surface area contributed by atoms with Gasteiger partial charge in [0.15, 0.2) is 5.90 Å². The summed E-state index contributed by atoms with van der Waals surface area (Å²) in [5.74, 6) is -0.272. The van der Waals surface area contributed by atoms with Gasteiger partial charge in [0.2, 0.25) is 5.90 Å². The highest BCUT2D eigenvalue weighted by Crippen LogP contribution is 2.04. The van der Waals surface area contributed by atoms with Crippen molar-refractivity contribution in [2.24, 2.45) is 0 Å². The second-order valence-corrected chi connectivity index (χ2v) is 3.43. The van der Waals surface area contributed by atoms with Crippen LogP contribution in [0.2, 0.25) is 0 Å². The fraction of sp³-hybridized carbons (Fsp3) is 0.200. The summed E-state index contributed by atoms with van der Waals surface area (Å²) in [6.07, 6.45) is 0. The maximum Gasteiger partial charge on any atom is 0.488 e. The Morgan fingerprint density at radius 3 is 2.44 bits per heavy atom. The van der Waals surface area contributed by atoms with E-state index in [9.17, 15) is 0 Å². The SMILES string of the molecule is CC(=N)OC(=N)c1ccc(C)c(B(O)O)c1. The van der Waals surface area contributed by atoms with Gasteiger partial charge in [-0.25, -0.2) is 0 Å². The average Bonchev–Trinajstić information content (AvgIpc) is 2.16. The van der Waals surface area contributed by atoms with Crippen LogP contribution in [0.4, 0.5) is 0 Å². The maximum absolute atomic E-state index is 9.09. The molecule has 0 heterocycles. The largest absolute Gasteiger partial charge is 0.488 e. The van der Waals surface area contributed by atoms with Crippen molar-refractivity contribution in [3.05, 3.63) is 29.3 Å². The molecular weight excluding hydrogens is 207 g/mol. The molecule has 0 unspecified atom stereocenters. The molecule has 4 N–H and O–H groups in total. The molecule has 1 aromatic carbocycles. The summed E-state index contributed by atoms with van der Waals surface area (Å²) < 4.78 is 4.81. The highest BCUT2D eigenvalue weighted by molar-refractivity contribution is 6.59. The molecule has 0 atom stereocenters. The summed E-state index contributed by atoms with van der Waals surface area (Å²) in [6, 6.07) is 4.76. The molecule has 6 heteroatoms. The van der Waals surface area contributed by atoms with E-state index in [-0.39, 0.29) is 11.8 Å². The molecule has 16 heavy (non-hydrogen) atoms. The van der Waals surface area contributed by atoms with Crippen molar-refractivity contribution in [2.45, 2.75) is 13.8 Å². The van der Waals surface area contributed by atoms with E-state index in [1.165, 1.54) is 13.0 Å². The number of ether oxygens (including phenoxy) is 1. The van der Waals surface area contributed by atoms with E-state index >= 15 is 0 Å². The Morgan fingerprint density at radius 2 is 1.94 bits per heavy atom.